The topological polar surface area (TPSA) is 92.7 Å². The Kier molecular flexibility index (Phi) is 9.19. The Morgan fingerprint density at radius 1 is 0.667 bits per heavy atom. The van der Waals surface area contributed by atoms with E-state index in [0.717, 1.165) is 0 Å². The highest BCUT2D eigenvalue weighted by molar-refractivity contribution is 8.77. The summed E-state index contributed by atoms with van der Waals surface area (Å²) in [6, 6.07) is 18.9. The number of carbonyl (C=O) groups is 3. The molecule has 0 saturated heterocycles. The average molecular weight is 518 g/mol. The van der Waals surface area contributed by atoms with E-state index in [9.17, 15) is 19.5 Å². The van der Waals surface area contributed by atoms with Crippen LogP contribution in [0, 0.1) is 0 Å². The number of aromatic carboxylic acids is 1. The number of ether oxygens (including phenoxy) is 2. The standard InChI is InChI=1S/C23H18O6S4/c1-28-22(26)17-7-3-5-9-19(17)32-30-15-11-14(21(24)25)12-16(13-15)31-33-20-10-6-4-8-18(20)23(27)29-2/h3-13H,1-2H3,(H,24,25)/p-1. The van der Waals surface area contributed by atoms with Gasteiger partial charge >= 0.3 is 11.9 Å². The molecular formula is C23H17O6S4-. The number of hydrogen-bond donors (Lipinski definition) is 0. The van der Waals surface area contributed by atoms with Crippen LogP contribution in [0.3, 0.4) is 0 Å². The molecule has 0 heterocycles. The van der Waals surface area contributed by atoms with Crippen LogP contribution in [-0.4, -0.2) is 32.1 Å². The Labute approximate surface area is 206 Å². The summed E-state index contributed by atoms with van der Waals surface area (Å²) in [7, 11) is 7.91. The van der Waals surface area contributed by atoms with Crippen LogP contribution in [0.5, 0.6) is 0 Å². The zero-order valence-electron chi connectivity index (χ0n) is 17.4. The molecule has 0 spiro atoms. The van der Waals surface area contributed by atoms with Gasteiger partial charge in [0, 0.05) is 19.6 Å². The smallest absolute Gasteiger partial charge is 0.339 e. The fourth-order valence-electron chi connectivity index (χ4n) is 2.61. The average Bonchev–Trinajstić information content (AvgIpc) is 2.85. The highest BCUT2D eigenvalue weighted by atomic mass is 33.1. The summed E-state index contributed by atoms with van der Waals surface area (Å²) < 4.78 is 9.64. The molecule has 0 N–H and O–H groups in total. The Balaban J connectivity index is 1.81. The molecule has 0 atom stereocenters. The number of methoxy groups -OCH3 is 2. The third-order valence-corrected chi connectivity index (χ3v) is 8.98. The first-order valence-corrected chi connectivity index (χ1v) is 13.6. The van der Waals surface area contributed by atoms with Gasteiger partial charge < -0.3 is 19.4 Å². The molecular weight excluding hydrogens is 501 g/mol. The minimum absolute atomic E-state index is 0.0335. The molecule has 0 bridgehead atoms. The molecule has 0 aliphatic rings. The van der Waals surface area contributed by atoms with Crippen molar-refractivity contribution in [3.63, 3.8) is 0 Å². The molecule has 3 aromatic carbocycles. The van der Waals surface area contributed by atoms with Gasteiger partial charge in [-0.05, 0) is 48.0 Å². The van der Waals surface area contributed by atoms with Gasteiger partial charge in [0.25, 0.3) is 0 Å². The molecule has 0 amide bonds. The summed E-state index contributed by atoms with van der Waals surface area (Å²) >= 11 is 0. The third kappa shape index (κ3) is 6.73. The molecule has 10 heteroatoms. The number of carboxylic acid groups (broad SMARTS) is 1. The maximum atomic E-state index is 12.0. The van der Waals surface area contributed by atoms with Crippen molar-refractivity contribution in [1.29, 1.82) is 0 Å². The second-order valence-corrected chi connectivity index (χ2v) is 10.8. The monoisotopic (exact) mass is 517 g/mol. The van der Waals surface area contributed by atoms with Crippen molar-refractivity contribution in [2.75, 3.05) is 14.2 Å². The van der Waals surface area contributed by atoms with E-state index in [2.05, 4.69) is 0 Å². The summed E-state index contributed by atoms with van der Waals surface area (Å²) in [5.41, 5.74) is 0.891. The molecule has 3 rings (SSSR count). The largest absolute Gasteiger partial charge is 0.545 e. The maximum absolute atomic E-state index is 12.0. The van der Waals surface area contributed by atoms with Crippen molar-refractivity contribution < 1.29 is 29.0 Å². The van der Waals surface area contributed by atoms with Gasteiger partial charge in [0.2, 0.25) is 0 Å². The van der Waals surface area contributed by atoms with Crippen LogP contribution in [-0.2, 0) is 9.47 Å². The zero-order chi connectivity index (χ0) is 23.8. The van der Waals surface area contributed by atoms with E-state index in [1.54, 1.807) is 36.4 Å². The summed E-state index contributed by atoms with van der Waals surface area (Å²) in [5.74, 6) is -2.18. The number of carbonyl (C=O) groups excluding carboxylic acids is 3. The van der Waals surface area contributed by atoms with Crippen LogP contribution < -0.4 is 5.11 Å². The SMILES string of the molecule is COC(=O)c1ccccc1SSc1cc(SSc2ccccc2C(=O)OC)cc(C(=O)[O-])c1. The first-order valence-electron chi connectivity index (χ1n) is 9.33. The van der Waals surface area contributed by atoms with E-state index in [-0.39, 0.29) is 5.56 Å². The molecule has 0 aliphatic heterocycles. The predicted molar refractivity (Wildman–Crippen MR) is 130 cm³/mol. The van der Waals surface area contributed by atoms with Crippen LogP contribution in [0.4, 0.5) is 0 Å². The summed E-state index contributed by atoms with van der Waals surface area (Å²) in [5, 5.41) is 11.6. The van der Waals surface area contributed by atoms with E-state index in [1.165, 1.54) is 69.5 Å². The normalized spacial score (nSPS) is 10.5. The molecule has 33 heavy (non-hydrogen) atoms. The summed E-state index contributed by atoms with van der Waals surface area (Å²) in [4.78, 5) is 38.3. The molecule has 0 aliphatic carbocycles. The molecule has 0 aromatic heterocycles. The van der Waals surface area contributed by atoms with Gasteiger partial charge in [-0.25, -0.2) is 9.59 Å². The van der Waals surface area contributed by atoms with E-state index in [4.69, 9.17) is 9.47 Å². The lowest BCUT2D eigenvalue weighted by atomic mass is 10.2. The molecule has 0 unspecified atom stereocenters. The fraction of sp³-hybridized carbons (Fsp3) is 0.0870. The fourth-order valence-corrected chi connectivity index (χ4v) is 7.07. The van der Waals surface area contributed by atoms with E-state index >= 15 is 0 Å². The molecule has 3 aromatic rings. The van der Waals surface area contributed by atoms with Crippen LogP contribution in [0.1, 0.15) is 31.1 Å². The lowest BCUT2D eigenvalue weighted by molar-refractivity contribution is -0.255. The van der Waals surface area contributed by atoms with Gasteiger partial charge in [-0.3, -0.25) is 0 Å². The van der Waals surface area contributed by atoms with Gasteiger partial charge in [0.05, 0.1) is 31.3 Å². The Hall–Kier alpha value is -2.53. The third-order valence-electron chi connectivity index (χ3n) is 4.16. The van der Waals surface area contributed by atoms with Crippen LogP contribution in [0.15, 0.2) is 86.3 Å². The summed E-state index contributed by atoms with van der Waals surface area (Å²) in [6.07, 6.45) is 0. The van der Waals surface area contributed by atoms with Gasteiger partial charge in [-0.2, -0.15) is 0 Å². The van der Waals surface area contributed by atoms with Crippen molar-refractivity contribution in [3.8, 4) is 0 Å². The van der Waals surface area contributed by atoms with Crippen molar-refractivity contribution in [3.05, 3.63) is 83.4 Å². The Bertz CT molecular complexity index is 1100. The van der Waals surface area contributed by atoms with Crippen LogP contribution in [0.25, 0.3) is 0 Å². The zero-order valence-corrected chi connectivity index (χ0v) is 20.7. The molecule has 170 valence electrons. The van der Waals surface area contributed by atoms with E-state index < -0.39 is 17.9 Å². The molecule has 0 radical (unpaired) electrons. The van der Waals surface area contributed by atoms with E-state index in [0.29, 0.717) is 30.7 Å². The number of hydrogen-bond acceptors (Lipinski definition) is 10. The number of carboxylic acids is 1. The molecule has 0 saturated carbocycles. The highest BCUT2D eigenvalue weighted by Crippen LogP contribution is 2.44. The molecule has 0 fully saturated rings. The second kappa shape index (κ2) is 12.1. The minimum atomic E-state index is -1.29. The van der Waals surface area contributed by atoms with Gasteiger partial charge in [-0.15, -0.1) is 0 Å². The first kappa shape index (κ1) is 25.1. The van der Waals surface area contributed by atoms with Crippen molar-refractivity contribution >= 4 is 61.1 Å². The van der Waals surface area contributed by atoms with Gasteiger partial charge in [0.1, 0.15) is 0 Å². The lowest BCUT2D eigenvalue weighted by Crippen LogP contribution is -2.22. The Morgan fingerprint density at radius 3 is 1.48 bits per heavy atom. The maximum Gasteiger partial charge on any atom is 0.339 e. The van der Waals surface area contributed by atoms with E-state index in [1.807, 2.05) is 18.2 Å². The van der Waals surface area contributed by atoms with Crippen LogP contribution >= 0.6 is 43.2 Å². The summed E-state index contributed by atoms with van der Waals surface area (Å²) in [6.45, 7) is 0. The number of rotatable bonds is 9. The Morgan fingerprint density at radius 2 is 1.09 bits per heavy atom. The predicted octanol–water partition coefficient (Wildman–Crippen LogP) is 5.22. The number of benzene rings is 3. The first-order chi connectivity index (χ1) is 15.9. The van der Waals surface area contributed by atoms with Gasteiger partial charge in [0.15, 0.2) is 0 Å². The quantitative estimate of drug-likeness (QED) is 0.278. The van der Waals surface area contributed by atoms with Crippen molar-refractivity contribution in [2.45, 2.75) is 19.6 Å². The van der Waals surface area contributed by atoms with Crippen molar-refractivity contribution in [2.24, 2.45) is 0 Å². The van der Waals surface area contributed by atoms with Crippen molar-refractivity contribution in [1.82, 2.24) is 0 Å². The van der Waals surface area contributed by atoms with Crippen LogP contribution in [0.2, 0.25) is 0 Å². The molecule has 6 nitrogen and oxygen atoms in total. The highest BCUT2D eigenvalue weighted by Gasteiger charge is 2.14. The number of esters is 2. The van der Waals surface area contributed by atoms with Gasteiger partial charge in [-0.1, -0.05) is 67.4 Å². The second-order valence-electron chi connectivity index (χ2n) is 6.29. The minimum Gasteiger partial charge on any atom is -0.545 e. The lowest BCUT2D eigenvalue weighted by Gasteiger charge is -2.11.